The number of benzene rings is 2. The van der Waals surface area contributed by atoms with Gasteiger partial charge in [0.1, 0.15) is 0 Å². The second-order valence-corrected chi connectivity index (χ2v) is 6.80. The molecule has 0 saturated heterocycles. The number of hydrogen-bond donors (Lipinski definition) is 1. The molecule has 0 aromatic heterocycles. The van der Waals surface area contributed by atoms with Gasteiger partial charge in [0.2, 0.25) is 0 Å². The fourth-order valence-electron chi connectivity index (χ4n) is 2.57. The number of likely N-dealkylation sites (N-methyl/N-ethyl adjacent to an activating group) is 1. The Kier molecular flexibility index (Phi) is 5.86. The van der Waals surface area contributed by atoms with Crippen molar-refractivity contribution in [3.8, 4) is 0 Å². The minimum atomic E-state index is 0.269. The van der Waals surface area contributed by atoms with E-state index in [2.05, 4.69) is 66.3 Å². The Morgan fingerprint density at radius 1 is 1.14 bits per heavy atom. The van der Waals surface area contributed by atoms with Gasteiger partial charge in [-0.1, -0.05) is 58.2 Å². The molecule has 2 aromatic rings. The molecule has 21 heavy (non-hydrogen) atoms. The number of halogens is 2. The Labute approximate surface area is 140 Å². The van der Waals surface area contributed by atoms with E-state index in [9.17, 15) is 0 Å². The van der Waals surface area contributed by atoms with Gasteiger partial charge in [0, 0.05) is 15.5 Å². The summed E-state index contributed by atoms with van der Waals surface area (Å²) >= 11 is 9.73. The molecule has 112 valence electrons. The lowest BCUT2D eigenvalue weighted by Gasteiger charge is -2.20. The van der Waals surface area contributed by atoms with Gasteiger partial charge in [-0.2, -0.15) is 0 Å². The van der Waals surface area contributed by atoms with Crippen molar-refractivity contribution in [2.24, 2.45) is 0 Å². The second kappa shape index (κ2) is 7.44. The third kappa shape index (κ3) is 4.57. The van der Waals surface area contributed by atoms with Crippen molar-refractivity contribution in [1.82, 2.24) is 5.32 Å². The molecule has 0 aliphatic rings. The molecule has 1 atom stereocenters. The first-order chi connectivity index (χ1) is 9.99. The predicted molar refractivity (Wildman–Crippen MR) is 95.2 cm³/mol. The van der Waals surface area contributed by atoms with Crippen LogP contribution in [0.3, 0.4) is 0 Å². The highest BCUT2D eigenvalue weighted by atomic mass is 79.9. The van der Waals surface area contributed by atoms with E-state index in [0.29, 0.717) is 0 Å². The molecule has 1 N–H and O–H groups in total. The Bertz CT molecular complexity index is 604. The van der Waals surface area contributed by atoms with Gasteiger partial charge < -0.3 is 5.32 Å². The number of rotatable bonds is 5. The summed E-state index contributed by atoms with van der Waals surface area (Å²) < 4.78 is 1.02. The van der Waals surface area contributed by atoms with Gasteiger partial charge in [0.05, 0.1) is 0 Å². The smallest absolute Gasteiger partial charge is 0.0420 e. The quantitative estimate of drug-likeness (QED) is 0.725. The van der Waals surface area contributed by atoms with Gasteiger partial charge in [0.25, 0.3) is 0 Å². The van der Waals surface area contributed by atoms with Crippen molar-refractivity contribution < 1.29 is 0 Å². The molecule has 0 heterocycles. The van der Waals surface area contributed by atoms with E-state index in [4.69, 9.17) is 11.6 Å². The lowest BCUT2D eigenvalue weighted by atomic mass is 9.95. The minimum Gasteiger partial charge on any atom is -0.310 e. The van der Waals surface area contributed by atoms with Crippen molar-refractivity contribution in [1.29, 1.82) is 0 Å². The van der Waals surface area contributed by atoms with Gasteiger partial charge in [-0.05, 0) is 61.7 Å². The first-order valence-electron chi connectivity index (χ1n) is 7.25. The summed E-state index contributed by atoms with van der Waals surface area (Å²) in [5.41, 5.74) is 5.25. The highest BCUT2D eigenvalue weighted by Crippen LogP contribution is 2.27. The Hall–Kier alpha value is -0.830. The van der Waals surface area contributed by atoms with E-state index >= 15 is 0 Å². The maximum absolute atomic E-state index is 6.20. The maximum Gasteiger partial charge on any atom is 0.0420 e. The average molecular weight is 367 g/mol. The molecule has 1 unspecified atom stereocenters. The first-order valence-corrected chi connectivity index (χ1v) is 8.42. The normalized spacial score (nSPS) is 12.4. The van der Waals surface area contributed by atoms with Gasteiger partial charge in [-0.3, -0.25) is 0 Å². The number of hydrogen-bond acceptors (Lipinski definition) is 1. The fourth-order valence-corrected chi connectivity index (χ4v) is 3.46. The summed E-state index contributed by atoms with van der Waals surface area (Å²) in [6.45, 7) is 7.38. The van der Waals surface area contributed by atoms with Crippen LogP contribution in [0.5, 0.6) is 0 Å². The van der Waals surface area contributed by atoms with E-state index in [0.717, 1.165) is 22.5 Å². The van der Waals surface area contributed by atoms with Crippen LogP contribution in [-0.4, -0.2) is 6.54 Å². The molecule has 0 bridgehead atoms. The average Bonchev–Trinajstić information content (AvgIpc) is 2.41. The van der Waals surface area contributed by atoms with E-state index in [1.165, 1.54) is 22.3 Å². The molecule has 0 aliphatic heterocycles. The summed E-state index contributed by atoms with van der Waals surface area (Å²) in [5.74, 6) is 0. The lowest BCUT2D eigenvalue weighted by Crippen LogP contribution is -2.23. The molecule has 2 aromatic carbocycles. The van der Waals surface area contributed by atoms with Gasteiger partial charge in [-0.25, -0.2) is 0 Å². The van der Waals surface area contributed by atoms with Crippen LogP contribution in [0.25, 0.3) is 0 Å². The molecule has 1 nitrogen and oxygen atoms in total. The monoisotopic (exact) mass is 365 g/mol. The van der Waals surface area contributed by atoms with Crippen LogP contribution in [0.2, 0.25) is 5.02 Å². The van der Waals surface area contributed by atoms with E-state index in [1.807, 2.05) is 12.1 Å². The van der Waals surface area contributed by atoms with Crippen LogP contribution < -0.4 is 5.32 Å². The van der Waals surface area contributed by atoms with Crippen LogP contribution in [0.15, 0.2) is 40.9 Å². The topological polar surface area (TPSA) is 12.0 Å². The van der Waals surface area contributed by atoms with Crippen molar-refractivity contribution in [2.45, 2.75) is 33.2 Å². The molecular weight excluding hydrogens is 346 g/mol. The molecule has 0 saturated carbocycles. The van der Waals surface area contributed by atoms with Crippen molar-refractivity contribution in [3.05, 3.63) is 68.1 Å². The van der Waals surface area contributed by atoms with Crippen molar-refractivity contribution in [2.75, 3.05) is 6.54 Å². The molecule has 0 fully saturated rings. The van der Waals surface area contributed by atoms with E-state index < -0.39 is 0 Å². The van der Waals surface area contributed by atoms with E-state index in [-0.39, 0.29) is 6.04 Å². The summed E-state index contributed by atoms with van der Waals surface area (Å²) in [6.07, 6.45) is 0.966. The van der Waals surface area contributed by atoms with Gasteiger partial charge >= 0.3 is 0 Å². The summed E-state index contributed by atoms with van der Waals surface area (Å²) in [6, 6.07) is 13.0. The Morgan fingerprint density at radius 3 is 2.57 bits per heavy atom. The van der Waals surface area contributed by atoms with Crippen LogP contribution in [0.1, 0.15) is 35.2 Å². The van der Waals surface area contributed by atoms with E-state index in [1.54, 1.807) is 0 Å². The second-order valence-electron chi connectivity index (χ2n) is 5.45. The SMILES string of the molecule is CCNC(Cc1cc(C)ccc1C)c1cc(Cl)cc(Br)c1. The van der Waals surface area contributed by atoms with Crippen LogP contribution in [0, 0.1) is 13.8 Å². The van der Waals surface area contributed by atoms with Gasteiger partial charge in [-0.15, -0.1) is 0 Å². The predicted octanol–water partition coefficient (Wildman–Crippen LogP) is 5.61. The highest BCUT2D eigenvalue weighted by molar-refractivity contribution is 9.10. The fraction of sp³-hybridized carbons (Fsp3) is 0.333. The van der Waals surface area contributed by atoms with Crippen LogP contribution in [0.4, 0.5) is 0 Å². The largest absolute Gasteiger partial charge is 0.310 e. The van der Waals surface area contributed by atoms with Crippen molar-refractivity contribution >= 4 is 27.5 Å². The zero-order valence-electron chi connectivity index (χ0n) is 12.7. The molecule has 0 aliphatic carbocycles. The van der Waals surface area contributed by atoms with Crippen molar-refractivity contribution in [3.63, 3.8) is 0 Å². The van der Waals surface area contributed by atoms with Crippen LogP contribution in [-0.2, 0) is 6.42 Å². The number of aryl methyl sites for hydroxylation is 2. The van der Waals surface area contributed by atoms with Crippen LogP contribution >= 0.6 is 27.5 Å². The van der Waals surface area contributed by atoms with Gasteiger partial charge in [0.15, 0.2) is 0 Å². The lowest BCUT2D eigenvalue weighted by molar-refractivity contribution is 0.548. The third-order valence-electron chi connectivity index (χ3n) is 3.67. The molecule has 0 amide bonds. The minimum absolute atomic E-state index is 0.269. The molecule has 2 rings (SSSR count). The first kappa shape index (κ1) is 16.5. The Balaban J connectivity index is 2.32. The number of nitrogens with one attached hydrogen (secondary N) is 1. The summed E-state index contributed by atoms with van der Waals surface area (Å²) in [7, 11) is 0. The standard InChI is InChI=1S/C18H21BrClN/c1-4-21-18(15-8-16(19)11-17(20)9-15)10-14-7-12(2)5-6-13(14)3/h5-9,11,18,21H,4,10H2,1-3H3. The summed E-state index contributed by atoms with van der Waals surface area (Å²) in [4.78, 5) is 0. The Morgan fingerprint density at radius 2 is 1.90 bits per heavy atom. The molecule has 0 radical (unpaired) electrons. The molecule has 3 heteroatoms. The highest BCUT2D eigenvalue weighted by Gasteiger charge is 2.14. The molecular formula is C18H21BrClN. The zero-order valence-corrected chi connectivity index (χ0v) is 15.1. The third-order valence-corrected chi connectivity index (χ3v) is 4.34. The zero-order chi connectivity index (χ0) is 15.4. The maximum atomic E-state index is 6.20. The molecule has 0 spiro atoms. The summed E-state index contributed by atoms with van der Waals surface area (Å²) in [5, 5.41) is 4.34.